The van der Waals surface area contributed by atoms with Crippen LogP contribution in [0.1, 0.15) is 36.5 Å². The molecule has 4 heteroatoms. The molecule has 1 aliphatic rings. The summed E-state index contributed by atoms with van der Waals surface area (Å²) in [7, 11) is 0. The molecule has 2 unspecified atom stereocenters. The minimum absolute atomic E-state index is 0.0479. The average Bonchev–Trinajstić information content (AvgIpc) is 2.75. The molecule has 1 saturated carbocycles. The lowest BCUT2D eigenvalue weighted by Gasteiger charge is -2.16. The molecule has 3 nitrogen and oxygen atoms in total. The monoisotopic (exact) mass is 310 g/mol. The van der Waals surface area contributed by atoms with Gasteiger partial charge in [0, 0.05) is 12.2 Å². The molecular formula is C14H19BrN2O. The highest BCUT2D eigenvalue weighted by molar-refractivity contribution is 9.10. The SMILES string of the molecule is CC1CCCC1CNC(=O)c1cccc(N)c1Br. The number of rotatable bonds is 3. The van der Waals surface area contributed by atoms with E-state index >= 15 is 0 Å². The van der Waals surface area contributed by atoms with Crippen LogP contribution in [0.15, 0.2) is 22.7 Å². The third-order valence-electron chi connectivity index (χ3n) is 3.84. The van der Waals surface area contributed by atoms with Crippen LogP contribution in [0.4, 0.5) is 5.69 Å². The second-order valence-corrected chi connectivity index (χ2v) is 5.88. The summed E-state index contributed by atoms with van der Waals surface area (Å²) in [5.41, 5.74) is 6.98. The van der Waals surface area contributed by atoms with Gasteiger partial charge in [0.1, 0.15) is 0 Å². The second kappa shape index (κ2) is 5.74. The fraction of sp³-hybridized carbons (Fsp3) is 0.500. The molecule has 1 aliphatic carbocycles. The van der Waals surface area contributed by atoms with Crippen LogP contribution >= 0.6 is 15.9 Å². The molecule has 1 aromatic carbocycles. The van der Waals surface area contributed by atoms with Gasteiger partial charge in [0.15, 0.2) is 0 Å². The zero-order valence-corrected chi connectivity index (χ0v) is 12.2. The first-order valence-electron chi connectivity index (χ1n) is 6.41. The van der Waals surface area contributed by atoms with Gasteiger partial charge in [-0.1, -0.05) is 25.8 Å². The van der Waals surface area contributed by atoms with Crippen LogP contribution in [-0.2, 0) is 0 Å². The van der Waals surface area contributed by atoms with Crippen LogP contribution in [0.3, 0.4) is 0 Å². The number of carbonyl (C=O) groups excluding carboxylic acids is 1. The third-order valence-corrected chi connectivity index (χ3v) is 4.72. The van der Waals surface area contributed by atoms with Crippen molar-refractivity contribution in [2.24, 2.45) is 11.8 Å². The smallest absolute Gasteiger partial charge is 0.252 e. The van der Waals surface area contributed by atoms with Crippen molar-refractivity contribution >= 4 is 27.5 Å². The van der Waals surface area contributed by atoms with Crippen molar-refractivity contribution in [2.75, 3.05) is 12.3 Å². The van der Waals surface area contributed by atoms with Crippen molar-refractivity contribution in [3.63, 3.8) is 0 Å². The number of carbonyl (C=O) groups is 1. The highest BCUT2D eigenvalue weighted by Gasteiger charge is 2.24. The molecule has 1 aromatic rings. The van der Waals surface area contributed by atoms with E-state index in [4.69, 9.17) is 5.73 Å². The standard InChI is InChI=1S/C14H19BrN2O/c1-9-4-2-5-10(9)8-17-14(18)11-6-3-7-12(16)13(11)15/h3,6-7,9-10H,2,4-5,8,16H2,1H3,(H,17,18). The number of hydrogen-bond acceptors (Lipinski definition) is 2. The number of hydrogen-bond donors (Lipinski definition) is 2. The van der Waals surface area contributed by atoms with Gasteiger partial charge in [0.25, 0.3) is 5.91 Å². The Hall–Kier alpha value is -1.03. The Morgan fingerprint density at radius 2 is 2.28 bits per heavy atom. The fourth-order valence-corrected chi connectivity index (χ4v) is 3.01. The molecule has 0 saturated heterocycles. The Morgan fingerprint density at radius 3 is 2.94 bits per heavy atom. The van der Waals surface area contributed by atoms with Crippen molar-refractivity contribution < 1.29 is 4.79 Å². The molecule has 0 heterocycles. The van der Waals surface area contributed by atoms with Gasteiger partial charge >= 0.3 is 0 Å². The lowest BCUT2D eigenvalue weighted by molar-refractivity contribution is 0.0944. The Balaban J connectivity index is 1.97. The predicted molar refractivity (Wildman–Crippen MR) is 77.4 cm³/mol. The largest absolute Gasteiger partial charge is 0.398 e. The van der Waals surface area contributed by atoms with E-state index in [0.29, 0.717) is 21.6 Å². The summed E-state index contributed by atoms with van der Waals surface area (Å²) in [6, 6.07) is 5.36. The van der Waals surface area contributed by atoms with Crippen molar-refractivity contribution in [1.82, 2.24) is 5.32 Å². The van der Waals surface area contributed by atoms with Gasteiger partial charge in [-0.05, 0) is 46.3 Å². The van der Waals surface area contributed by atoms with Gasteiger partial charge in [-0.25, -0.2) is 0 Å². The maximum atomic E-state index is 12.1. The van der Waals surface area contributed by atoms with E-state index in [1.165, 1.54) is 19.3 Å². The molecule has 0 radical (unpaired) electrons. The molecule has 0 aromatic heterocycles. The molecule has 1 fully saturated rings. The summed E-state index contributed by atoms with van der Waals surface area (Å²) in [5.74, 6) is 1.29. The maximum Gasteiger partial charge on any atom is 0.252 e. The van der Waals surface area contributed by atoms with E-state index in [9.17, 15) is 4.79 Å². The van der Waals surface area contributed by atoms with Gasteiger partial charge in [-0.15, -0.1) is 0 Å². The molecule has 98 valence electrons. The third kappa shape index (κ3) is 2.86. The van der Waals surface area contributed by atoms with Crippen molar-refractivity contribution in [1.29, 1.82) is 0 Å². The number of nitrogens with two attached hydrogens (primary N) is 1. The number of nitrogens with one attached hydrogen (secondary N) is 1. The molecule has 1 amide bonds. The normalized spacial score (nSPS) is 23.0. The lowest BCUT2D eigenvalue weighted by atomic mass is 9.98. The number of anilines is 1. The molecule has 0 spiro atoms. The second-order valence-electron chi connectivity index (χ2n) is 5.09. The summed E-state index contributed by atoms with van der Waals surface area (Å²) in [6.45, 7) is 3.03. The zero-order chi connectivity index (χ0) is 13.1. The fourth-order valence-electron chi connectivity index (χ4n) is 2.57. The Kier molecular flexibility index (Phi) is 4.27. The van der Waals surface area contributed by atoms with Crippen LogP contribution in [0.2, 0.25) is 0 Å². The lowest BCUT2D eigenvalue weighted by Crippen LogP contribution is -2.30. The number of nitrogen functional groups attached to an aromatic ring is 1. The molecule has 3 N–H and O–H groups in total. The number of halogens is 1. The molecule has 2 rings (SSSR count). The van der Waals surface area contributed by atoms with Crippen LogP contribution in [0, 0.1) is 11.8 Å². The molecular weight excluding hydrogens is 292 g/mol. The van der Waals surface area contributed by atoms with E-state index in [1.54, 1.807) is 18.2 Å². The molecule has 0 bridgehead atoms. The van der Waals surface area contributed by atoms with E-state index < -0.39 is 0 Å². The van der Waals surface area contributed by atoms with Gasteiger partial charge in [0.05, 0.1) is 10.0 Å². The highest BCUT2D eigenvalue weighted by atomic mass is 79.9. The summed E-state index contributed by atoms with van der Waals surface area (Å²) < 4.78 is 0.682. The minimum atomic E-state index is -0.0479. The van der Waals surface area contributed by atoms with Gasteiger partial charge in [-0.2, -0.15) is 0 Å². The van der Waals surface area contributed by atoms with Gasteiger partial charge < -0.3 is 11.1 Å². The first kappa shape index (κ1) is 13.4. The van der Waals surface area contributed by atoms with Crippen LogP contribution in [-0.4, -0.2) is 12.5 Å². The van der Waals surface area contributed by atoms with E-state index in [1.807, 2.05) is 0 Å². The van der Waals surface area contributed by atoms with Crippen molar-refractivity contribution in [3.05, 3.63) is 28.2 Å². The van der Waals surface area contributed by atoms with E-state index in [0.717, 1.165) is 12.5 Å². The Labute approximate surface area is 116 Å². The highest BCUT2D eigenvalue weighted by Crippen LogP contribution is 2.30. The van der Waals surface area contributed by atoms with E-state index in [-0.39, 0.29) is 5.91 Å². The van der Waals surface area contributed by atoms with Gasteiger partial charge in [0.2, 0.25) is 0 Å². The summed E-state index contributed by atoms with van der Waals surface area (Å²) in [5, 5.41) is 3.01. The van der Waals surface area contributed by atoms with E-state index in [2.05, 4.69) is 28.2 Å². The molecule has 18 heavy (non-hydrogen) atoms. The quantitative estimate of drug-likeness (QED) is 0.842. The van der Waals surface area contributed by atoms with Crippen molar-refractivity contribution in [3.8, 4) is 0 Å². The number of amides is 1. The average molecular weight is 311 g/mol. The number of benzene rings is 1. The zero-order valence-electron chi connectivity index (χ0n) is 10.6. The first-order chi connectivity index (χ1) is 8.59. The topological polar surface area (TPSA) is 55.1 Å². The molecule has 2 atom stereocenters. The van der Waals surface area contributed by atoms with Crippen molar-refractivity contribution in [2.45, 2.75) is 26.2 Å². The minimum Gasteiger partial charge on any atom is -0.398 e. The predicted octanol–water partition coefficient (Wildman–Crippen LogP) is 3.20. The van der Waals surface area contributed by atoms with Crippen LogP contribution < -0.4 is 11.1 Å². The summed E-state index contributed by atoms with van der Waals surface area (Å²) >= 11 is 3.36. The maximum absolute atomic E-state index is 12.1. The molecule has 0 aliphatic heterocycles. The Morgan fingerprint density at radius 1 is 1.50 bits per heavy atom. The van der Waals surface area contributed by atoms with Crippen LogP contribution in [0.5, 0.6) is 0 Å². The summed E-state index contributed by atoms with van der Waals surface area (Å²) in [6.07, 6.45) is 3.78. The van der Waals surface area contributed by atoms with Gasteiger partial charge in [-0.3, -0.25) is 4.79 Å². The summed E-state index contributed by atoms with van der Waals surface area (Å²) in [4.78, 5) is 12.1. The first-order valence-corrected chi connectivity index (χ1v) is 7.21. The van der Waals surface area contributed by atoms with Crippen LogP contribution in [0.25, 0.3) is 0 Å². The Bertz CT molecular complexity index is 447.